The van der Waals surface area contributed by atoms with E-state index >= 15 is 0 Å². The number of aromatic nitrogens is 1. The molecule has 0 amide bonds. The summed E-state index contributed by atoms with van der Waals surface area (Å²) in [6, 6.07) is 6.37. The first-order valence-electron chi connectivity index (χ1n) is 7.35. The number of anilines is 1. The average Bonchev–Trinajstić information content (AvgIpc) is 2.92. The van der Waals surface area contributed by atoms with E-state index in [9.17, 15) is 16.8 Å². The Labute approximate surface area is 146 Å². The second-order valence-corrected chi connectivity index (χ2v) is 10.7. The fourth-order valence-electron chi connectivity index (χ4n) is 1.87. The van der Waals surface area contributed by atoms with Gasteiger partial charge in [0.25, 0.3) is 0 Å². The molecule has 132 valence electrons. The maximum atomic E-state index is 12.9. The van der Waals surface area contributed by atoms with E-state index in [-0.39, 0.29) is 25.3 Å². The molecule has 1 aromatic heterocycles. The van der Waals surface area contributed by atoms with Gasteiger partial charge in [-0.05, 0) is 32.4 Å². The predicted octanol–water partition coefficient (Wildman–Crippen LogP) is 2.90. The van der Waals surface area contributed by atoms with Crippen molar-refractivity contribution in [1.29, 1.82) is 0 Å². The Morgan fingerprint density at radius 2 is 1.75 bits per heavy atom. The topological polar surface area (TPSA) is 93.2 Å². The zero-order valence-corrected chi connectivity index (χ0v) is 16.3. The second kappa shape index (κ2) is 6.81. The van der Waals surface area contributed by atoms with Gasteiger partial charge in [-0.1, -0.05) is 36.0 Å². The molecule has 0 bridgehead atoms. The summed E-state index contributed by atoms with van der Waals surface area (Å²) in [5, 5.41) is 3.07. The van der Waals surface area contributed by atoms with Crippen LogP contribution in [0, 0.1) is 6.92 Å². The maximum absolute atomic E-state index is 12.9. The van der Waals surface area contributed by atoms with Gasteiger partial charge < -0.3 is 5.32 Å². The molecular formula is C15H20N2O4S3. The van der Waals surface area contributed by atoms with E-state index in [4.69, 9.17) is 0 Å². The highest BCUT2D eigenvalue weighted by Gasteiger charge is 2.29. The summed E-state index contributed by atoms with van der Waals surface area (Å²) < 4.78 is 49.1. The SMILES string of the molecule is CCC(C)Nc1sc(S(C)(=O)=O)nc1S(=O)(=O)c1ccc(C)cc1. The summed E-state index contributed by atoms with van der Waals surface area (Å²) in [5.74, 6) is 0. The van der Waals surface area contributed by atoms with Gasteiger partial charge in [-0.15, -0.1) is 0 Å². The molecule has 24 heavy (non-hydrogen) atoms. The first kappa shape index (κ1) is 18.9. The van der Waals surface area contributed by atoms with Crippen LogP contribution in [0.3, 0.4) is 0 Å². The van der Waals surface area contributed by atoms with Gasteiger partial charge in [0.2, 0.25) is 24.0 Å². The van der Waals surface area contributed by atoms with E-state index in [1.807, 2.05) is 20.8 Å². The van der Waals surface area contributed by atoms with Crippen LogP contribution in [0.2, 0.25) is 0 Å². The van der Waals surface area contributed by atoms with Crippen molar-refractivity contribution in [3.63, 3.8) is 0 Å². The zero-order chi connectivity index (χ0) is 18.1. The first-order valence-corrected chi connectivity index (χ1v) is 11.5. The van der Waals surface area contributed by atoms with Crippen LogP contribution < -0.4 is 5.32 Å². The Kier molecular flexibility index (Phi) is 5.36. The minimum atomic E-state index is -3.91. The van der Waals surface area contributed by atoms with Gasteiger partial charge in [0.15, 0.2) is 5.03 Å². The molecule has 6 nitrogen and oxygen atoms in total. The lowest BCUT2D eigenvalue weighted by Crippen LogP contribution is -2.15. The number of hydrogen-bond donors (Lipinski definition) is 1. The van der Waals surface area contributed by atoms with Crippen LogP contribution in [-0.2, 0) is 19.7 Å². The predicted molar refractivity (Wildman–Crippen MR) is 95.2 cm³/mol. The Morgan fingerprint density at radius 1 is 1.17 bits per heavy atom. The van der Waals surface area contributed by atoms with Crippen molar-refractivity contribution in [2.75, 3.05) is 11.6 Å². The molecule has 2 aromatic rings. The smallest absolute Gasteiger partial charge is 0.226 e. The molecule has 9 heteroatoms. The van der Waals surface area contributed by atoms with E-state index in [2.05, 4.69) is 10.3 Å². The van der Waals surface area contributed by atoms with Gasteiger partial charge in [0.1, 0.15) is 5.00 Å². The molecule has 0 saturated heterocycles. The summed E-state index contributed by atoms with van der Waals surface area (Å²) in [5.41, 5.74) is 0.932. The molecule has 0 saturated carbocycles. The fraction of sp³-hybridized carbons (Fsp3) is 0.400. The maximum Gasteiger partial charge on any atom is 0.226 e. The Balaban J connectivity index is 2.62. The first-order chi connectivity index (χ1) is 11.1. The number of aryl methyl sites for hydroxylation is 1. The van der Waals surface area contributed by atoms with Gasteiger partial charge in [0.05, 0.1) is 4.90 Å². The molecule has 2 rings (SSSR count). The van der Waals surface area contributed by atoms with E-state index in [1.54, 1.807) is 12.1 Å². The monoisotopic (exact) mass is 388 g/mol. The highest BCUT2D eigenvalue weighted by Crippen LogP contribution is 2.35. The Morgan fingerprint density at radius 3 is 2.25 bits per heavy atom. The highest BCUT2D eigenvalue weighted by molar-refractivity contribution is 7.93. The summed E-state index contributed by atoms with van der Waals surface area (Å²) in [4.78, 5) is 4.01. The van der Waals surface area contributed by atoms with Crippen LogP contribution in [0.1, 0.15) is 25.8 Å². The van der Waals surface area contributed by atoms with Crippen LogP contribution in [0.15, 0.2) is 38.5 Å². The van der Waals surface area contributed by atoms with Gasteiger partial charge >= 0.3 is 0 Å². The molecule has 0 aliphatic carbocycles. The molecule has 1 aromatic carbocycles. The van der Waals surface area contributed by atoms with Crippen LogP contribution in [0.4, 0.5) is 5.00 Å². The van der Waals surface area contributed by atoms with Gasteiger partial charge in [0, 0.05) is 12.3 Å². The fourth-order valence-corrected chi connectivity index (χ4v) is 5.49. The molecule has 1 unspecified atom stereocenters. The lowest BCUT2D eigenvalue weighted by Gasteiger charge is -2.12. The van der Waals surface area contributed by atoms with Crippen molar-refractivity contribution in [1.82, 2.24) is 4.98 Å². The molecule has 0 aliphatic rings. The standard InChI is InChI=1S/C15H20N2O4S3/c1-5-11(3)16-13-14(17-15(22-13)23(4,18)19)24(20,21)12-8-6-10(2)7-9-12/h6-9,11,16H,5H2,1-4H3. The minimum absolute atomic E-state index is 0.00942. The number of hydrogen-bond acceptors (Lipinski definition) is 7. The average molecular weight is 389 g/mol. The number of benzene rings is 1. The normalized spacial score (nSPS) is 13.7. The third kappa shape index (κ3) is 3.96. The zero-order valence-electron chi connectivity index (χ0n) is 13.9. The molecular weight excluding hydrogens is 368 g/mol. The quantitative estimate of drug-likeness (QED) is 0.818. The number of thiazole rings is 1. The number of nitrogens with one attached hydrogen (secondary N) is 1. The largest absolute Gasteiger partial charge is 0.372 e. The van der Waals surface area contributed by atoms with Gasteiger partial charge in [-0.2, -0.15) is 0 Å². The lowest BCUT2D eigenvalue weighted by atomic mass is 10.2. The summed E-state index contributed by atoms with van der Waals surface area (Å²) >= 11 is 0.845. The van der Waals surface area contributed by atoms with E-state index in [0.29, 0.717) is 0 Å². The van der Waals surface area contributed by atoms with Gasteiger partial charge in [-0.3, -0.25) is 0 Å². The Hall–Kier alpha value is -1.45. The number of rotatable bonds is 6. The van der Waals surface area contributed by atoms with Crippen molar-refractivity contribution in [3.8, 4) is 0 Å². The van der Waals surface area contributed by atoms with Crippen LogP contribution >= 0.6 is 11.3 Å². The van der Waals surface area contributed by atoms with Crippen molar-refractivity contribution < 1.29 is 16.8 Å². The van der Waals surface area contributed by atoms with E-state index in [1.165, 1.54) is 12.1 Å². The summed E-state index contributed by atoms with van der Waals surface area (Å²) in [6.07, 6.45) is 1.78. The molecule has 0 spiro atoms. The second-order valence-electron chi connectivity index (χ2n) is 5.66. The minimum Gasteiger partial charge on any atom is -0.372 e. The lowest BCUT2D eigenvalue weighted by molar-refractivity contribution is 0.591. The molecule has 0 radical (unpaired) electrons. The third-order valence-electron chi connectivity index (χ3n) is 3.47. The molecule has 0 aliphatic heterocycles. The highest BCUT2D eigenvalue weighted by atomic mass is 32.2. The van der Waals surface area contributed by atoms with Crippen LogP contribution in [0.5, 0.6) is 0 Å². The molecule has 1 atom stereocenters. The summed E-state index contributed by atoms with van der Waals surface area (Å²) in [6.45, 7) is 5.70. The van der Waals surface area contributed by atoms with Crippen molar-refractivity contribution in [2.24, 2.45) is 0 Å². The third-order valence-corrected chi connectivity index (χ3v) is 7.96. The van der Waals surface area contributed by atoms with Crippen molar-refractivity contribution >= 4 is 36.0 Å². The Bertz CT molecular complexity index is 930. The van der Waals surface area contributed by atoms with E-state index < -0.39 is 19.7 Å². The van der Waals surface area contributed by atoms with Crippen molar-refractivity contribution in [3.05, 3.63) is 29.8 Å². The van der Waals surface area contributed by atoms with Crippen LogP contribution in [-0.4, -0.2) is 34.1 Å². The molecule has 0 fully saturated rings. The van der Waals surface area contributed by atoms with Gasteiger partial charge in [-0.25, -0.2) is 21.8 Å². The molecule has 1 heterocycles. The van der Waals surface area contributed by atoms with E-state index in [0.717, 1.165) is 29.6 Å². The van der Waals surface area contributed by atoms with Crippen LogP contribution in [0.25, 0.3) is 0 Å². The number of nitrogens with zero attached hydrogens (tertiary/aromatic N) is 1. The number of sulfone groups is 2. The molecule has 1 N–H and O–H groups in total. The van der Waals surface area contributed by atoms with Crippen molar-refractivity contribution in [2.45, 2.75) is 47.5 Å². The summed E-state index contributed by atoms with van der Waals surface area (Å²) in [7, 11) is -7.50.